The normalized spacial score (nSPS) is 12.9. The molecule has 0 aliphatic heterocycles. The van der Waals surface area contributed by atoms with Crippen LogP contribution in [0.2, 0.25) is 0 Å². The number of benzene rings is 1. The molecule has 0 aliphatic carbocycles. The molecule has 2 aromatic rings. The second kappa shape index (κ2) is 4.69. The number of carbonyl (C=O) groups is 1. The van der Waals surface area contributed by atoms with Crippen molar-refractivity contribution in [2.24, 2.45) is 5.73 Å². The van der Waals surface area contributed by atoms with Crippen LogP contribution in [0.3, 0.4) is 0 Å². The highest BCUT2D eigenvalue weighted by atomic mass is 16.3. The number of aliphatic hydroxyl groups is 1. The second-order valence-corrected chi connectivity index (χ2v) is 4.21. The van der Waals surface area contributed by atoms with Gasteiger partial charge in [0.05, 0.1) is 12.1 Å². The molecule has 17 heavy (non-hydrogen) atoms. The molecule has 0 bridgehead atoms. The average Bonchev–Trinajstić information content (AvgIpc) is 2.68. The Hall–Kier alpha value is -1.65. The summed E-state index contributed by atoms with van der Waals surface area (Å²) in [6, 6.07) is 7.42. The number of nitrogens with zero attached hydrogens (tertiary/aromatic N) is 1. The van der Waals surface area contributed by atoms with Gasteiger partial charge in [-0.1, -0.05) is 18.2 Å². The first-order valence-electron chi connectivity index (χ1n) is 5.60. The SMILES string of the molecule is CC(=O)n1cc(CC(N)CO)c2ccccc21. The monoisotopic (exact) mass is 232 g/mol. The number of hydrogen-bond acceptors (Lipinski definition) is 3. The first-order valence-corrected chi connectivity index (χ1v) is 5.60. The minimum Gasteiger partial charge on any atom is -0.395 e. The van der Waals surface area contributed by atoms with Crippen molar-refractivity contribution >= 4 is 16.8 Å². The molecule has 4 nitrogen and oxygen atoms in total. The van der Waals surface area contributed by atoms with Gasteiger partial charge in [-0.2, -0.15) is 0 Å². The van der Waals surface area contributed by atoms with E-state index < -0.39 is 0 Å². The van der Waals surface area contributed by atoms with Crippen molar-refractivity contribution in [3.63, 3.8) is 0 Å². The summed E-state index contributed by atoms with van der Waals surface area (Å²) in [5, 5.41) is 10.0. The Morgan fingerprint density at radius 1 is 1.47 bits per heavy atom. The van der Waals surface area contributed by atoms with E-state index in [9.17, 15) is 4.79 Å². The van der Waals surface area contributed by atoms with Crippen molar-refractivity contribution in [1.82, 2.24) is 4.57 Å². The van der Waals surface area contributed by atoms with Crippen LogP contribution in [-0.2, 0) is 6.42 Å². The number of aliphatic hydroxyl groups excluding tert-OH is 1. The molecule has 0 saturated heterocycles. The molecule has 4 heteroatoms. The van der Waals surface area contributed by atoms with Crippen molar-refractivity contribution in [3.05, 3.63) is 36.0 Å². The third kappa shape index (κ3) is 2.23. The highest BCUT2D eigenvalue weighted by molar-refractivity contribution is 5.93. The Labute approximate surface area is 99.7 Å². The van der Waals surface area contributed by atoms with E-state index in [4.69, 9.17) is 10.8 Å². The first kappa shape index (κ1) is 11.8. The summed E-state index contributed by atoms with van der Waals surface area (Å²) >= 11 is 0. The molecule has 0 saturated carbocycles. The van der Waals surface area contributed by atoms with E-state index in [0.717, 1.165) is 16.5 Å². The molecule has 3 N–H and O–H groups in total. The predicted molar refractivity (Wildman–Crippen MR) is 67.0 cm³/mol. The number of aromatic nitrogens is 1. The van der Waals surface area contributed by atoms with E-state index in [2.05, 4.69) is 0 Å². The van der Waals surface area contributed by atoms with Gasteiger partial charge in [-0.05, 0) is 18.1 Å². The molecule has 1 aromatic carbocycles. The lowest BCUT2D eigenvalue weighted by atomic mass is 10.1. The number of para-hydroxylation sites is 1. The summed E-state index contributed by atoms with van der Waals surface area (Å²) in [5.74, 6) is -0.0231. The maximum Gasteiger partial charge on any atom is 0.227 e. The summed E-state index contributed by atoms with van der Waals surface area (Å²) in [5.41, 5.74) is 7.62. The van der Waals surface area contributed by atoms with E-state index in [1.165, 1.54) is 6.92 Å². The van der Waals surface area contributed by atoms with Crippen LogP contribution in [0.25, 0.3) is 10.9 Å². The average molecular weight is 232 g/mol. The number of fused-ring (bicyclic) bond motifs is 1. The van der Waals surface area contributed by atoms with Gasteiger partial charge in [-0.15, -0.1) is 0 Å². The molecule has 2 rings (SSSR count). The van der Waals surface area contributed by atoms with Crippen LogP contribution in [0.1, 0.15) is 17.3 Å². The van der Waals surface area contributed by atoms with Crippen molar-refractivity contribution in [1.29, 1.82) is 0 Å². The molecule has 1 aromatic heterocycles. The maximum atomic E-state index is 11.5. The lowest BCUT2D eigenvalue weighted by molar-refractivity contribution is 0.0941. The minimum absolute atomic E-state index is 0.0231. The quantitative estimate of drug-likeness (QED) is 0.834. The fraction of sp³-hybridized carbons (Fsp3) is 0.308. The zero-order valence-electron chi connectivity index (χ0n) is 9.76. The van der Waals surface area contributed by atoms with Crippen LogP contribution < -0.4 is 5.73 Å². The van der Waals surface area contributed by atoms with Crippen LogP contribution in [0, 0.1) is 0 Å². The third-order valence-electron chi connectivity index (χ3n) is 2.85. The Morgan fingerprint density at radius 3 is 2.82 bits per heavy atom. The van der Waals surface area contributed by atoms with Crippen molar-refractivity contribution in [2.45, 2.75) is 19.4 Å². The summed E-state index contributed by atoms with van der Waals surface area (Å²) in [7, 11) is 0. The van der Waals surface area contributed by atoms with E-state index in [-0.39, 0.29) is 18.6 Å². The van der Waals surface area contributed by atoms with Crippen LogP contribution in [0.5, 0.6) is 0 Å². The Balaban J connectivity index is 2.52. The van der Waals surface area contributed by atoms with Gasteiger partial charge in [0, 0.05) is 24.5 Å². The fourth-order valence-corrected chi connectivity index (χ4v) is 2.02. The zero-order chi connectivity index (χ0) is 12.4. The Kier molecular flexibility index (Phi) is 3.26. The number of hydrogen-bond donors (Lipinski definition) is 2. The number of nitrogens with two attached hydrogens (primary N) is 1. The molecule has 0 aliphatic rings. The van der Waals surface area contributed by atoms with Crippen molar-refractivity contribution in [3.8, 4) is 0 Å². The van der Waals surface area contributed by atoms with Gasteiger partial charge < -0.3 is 10.8 Å². The molecule has 0 amide bonds. The molecule has 1 atom stereocenters. The van der Waals surface area contributed by atoms with Gasteiger partial charge in [0.2, 0.25) is 5.91 Å². The van der Waals surface area contributed by atoms with Gasteiger partial charge in [0.25, 0.3) is 0 Å². The summed E-state index contributed by atoms with van der Waals surface area (Å²) < 4.78 is 1.62. The molecule has 90 valence electrons. The Bertz CT molecular complexity index is 545. The summed E-state index contributed by atoms with van der Waals surface area (Å²) in [6.45, 7) is 1.47. The standard InChI is InChI=1S/C13H16N2O2/c1-9(17)15-7-10(6-11(14)8-16)12-4-2-3-5-13(12)15/h2-5,7,11,16H,6,8,14H2,1H3. The topological polar surface area (TPSA) is 68.2 Å². The molecule has 0 radical (unpaired) electrons. The van der Waals surface area contributed by atoms with E-state index in [0.29, 0.717) is 6.42 Å². The molecule has 0 fully saturated rings. The largest absolute Gasteiger partial charge is 0.395 e. The van der Waals surface area contributed by atoms with E-state index >= 15 is 0 Å². The minimum atomic E-state index is -0.291. The molecule has 1 heterocycles. The van der Waals surface area contributed by atoms with Crippen LogP contribution in [0.4, 0.5) is 0 Å². The van der Waals surface area contributed by atoms with Gasteiger partial charge in [-0.25, -0.2) is 0 Å². The molecule has 1 unspecified atom stereocenters. The van der Waals surface area contributed by atoms with Crippen LogP contribution in [-0.4, -0.2) is 28.2 Å². The van der Waals surface area contributed by atoms with Gasteiger partial charge in [-0.3, -0.25) is 9.36 Å². The van der Waals surface area contributed by atoms with E-state index in [1.807, 2.05) is 30.5 Å². The smallest absolute Gasteiger partial charge is 0.227 e. The molecular weight excluding hydrogens is 216 g/mol. The second-order valence-electron chi connectivity index (χ2n) is 4.21. The predicted octanol–water partition coefficient (Wildman–Crippen LogP) is 1.16. The lowest BCUT2D eigenvalue weighted by Crippen LogP contribution is -2.26. The van der Waals surface area contributed by atoms with Crippen LogP contribution in [0.15, 0.2) is 30.5 Å². The molecular formula is C13H16N2O2. The number of carbonyl (C=O) groups excluding carboxylic acids is 1. The highest BCUT2D eigenvalue weighted by Crippen LogP contribution is 2.22. The first-order chi connectivity index (χ1) is 8.13. The lowest BCUT2D eigenvalue weighted by Gasteiger charge is -2.05. The van der Waals surface area contributed by atoms with Crippen LogP contribution >= 0.6 is 0 Å². The van der Waals surface area contributed by atoms with Crippen molar-refractivity contribution < 1.29 is 9.90 Å². The third-order valence-corrected chi connectivity index (χ3v) is 2.85. The van der Waals surface area contributed by atoms with Gasteiger partial charge >= 0.3 is 0 Å². The number of rotatable bonds is 3. The molecule has 0 spiro atoms. The Morgan fingerprint density at radius 2 is 2.18 bits per heavy atom. The summed E-state index contributed by atoms with van der Waals surface area (Å²) in [6.07, 6.45) is 2.37. The van der Waals surface area contributed by atoms with E-state index in [1.54, 1.807) is 4.57 Å². The highest BCUT2D eigenvalue weighted by Gasteiger charge is 2.12. The van der Waals surface area contributed by atoms with Crippen molar-refractivity contribution in [2.75, 3.05) is 6.61 Å². The fourth-order valence-electron chi connectivity index (χ4n) is 2.02. The maximum absolute atomic E-state index is 11.5. The van der Waals surface area contributed by atoms with Gasteiger partial charge in [0.1, 0.15) is 0 Å². The van der Waals surface area contributed by atoms with Gasteiger partial charge in [0.15, 0.2) is 0 Å². The summed E-state index contributed by atoms with van der Waals surface area (Å²) in [4.78, 5) is 11.5. The zero-order valence-corrected chi connectivity index (χ0v) is 9.76.